The normalized spacial score (nSPS) is 21.5. The molecule has 1 aromatic heterocycles. The van der Waals surface area contributed by atoms with Gasteiger partial charge in [0.2, 0.25) is 5.91 Å². The number of hydrogen-bond donors (Lipinski definition) is 0. The largest absolute Gasteiger partial charge is 0.342 e. The topological polar surface area (TPSA) is 80.2 Å². The van der Waals surface area contributed by atoms with Gasteiger partial charge in [-0.2, -0.15) is 0 Å². The van der Waals surface area contributed by atoms with Crippen LogP contribution in [0.25, 0.3) is 0 Å². The predicted molar refractivity (Wildman–Crippen MR) is 88.1 cm³/mol. The average Bonchev–Trinajstić information content (AvgIpc) is 3.05. The molecule has 3 rings (SSSR count). The molecule has 0 aromatic carbocycles. The van der Waals surface area contributed by atoms with Crippen LogP contribution in [0.5, 0.6) is 0 Å². The van der Waals surface area contributed by atoms with E-state index >= 15 is 0 Å². The summed E-state index contributed by atoms with van der Waals surface area (Å²) in [6.45, 7) is 1.39. The Balaban J connectivity index is 1.63. The Morgan fingerprint density at radius 3 is 2.39 bits per heavy atom. The lowest BCUT2D eigenvalue weighted by molar-refractivity contribution is -0.137. The smallest absolute Gasteiger partial charge is 0.225 e. The van der Waals surface area contributed by atoms with Gasteiger partial charge in [0.1, 0.15) is 0 Å². The molecule has 128 valence electrons. The van der Waals surface area contributed by atoms with Crippen molar-refractivity contribution >= 4 is 27.3 Å². The van der Waals surface area contributed by atoms with E-state index in [1.807, 2.05) is 4.90 Å². The number of carbonyl (C=O) groups is 1. The van der Waals surface area contributed by atoms with E-state index in [2.05, 4.69) is 9.59 Å². The Hall–Kier alpha value is -1.02. The molecular formula is C15H23N3O3S2. The van der Waals surface area contributed by atoms with Crippen molar-refractivity contribution in [3.63, 3.8) is 0 Å². The number of nitrogens with zero attached hydrogens (tertiary/aromatic N) is 3. The maximum atomic E-state index is 12.6. The first-order chi connectivity index (χ1) is 11.0. The highest BCUT2D eigenvalue weighted by Crippen LogP contribution is 2.34. The molecule has 0 spiro atoms. The minimum absolute atomic E-state index is 0.0916. The van der Waals surface area contributed by atoms with E-state index in [1.165, 1.54) is 12.7 Å². The lowest BCUT2D eigenvalue weighted by Crippen LogP contribution is -2.42. The number of hydrogen-bond acceptors (Lipinski definition) is 6. The van der Waals surface area contributed by atoms with Crippen LogP contribution >= 0.6 is 11.5 Å². The van der Waals surface area contributed by atoms with Crippen molar-refractivity contribution in [3.8, 4) is 0 Å². The zero-order valence-electron chi connectivity index (χ0n) is 13.4. The Labute approximate surface area is 141 Å². The number of rotatable bonds is 3. The SMILES string of the molecule is CS(=O)(=O)c1snnc1C1CCN(C(=O)C2CCCCC2)CC1. The fraction of sp³-hybridized carbons (Fsp3) is 0.800. The summed E-state index contributed by atoms with van der Waals surface area (Å²) in [6, 6.07) is 0. The molecule has 0 bridgehead atoms. The van der Waals surface area contributed by atoms with E-state index in [0.717, 1.165) is 50.1 Å². The third-order valence-electron chi connectivity index (χ3n) is 4.97. The summed E-state index contributed by atoms with van der Waals surface area (Å²) in [7, 11) is -3.27. The van der Waals surface area contributed by atoms with Crippen molar-refractivity contribution in [1.82, 2.24) is 14.5 Å². The Kier molecular flexibility index (Phi) is 5.01. The lowest BCUT2D eigenvalue weighted by Gasteiger charge is -2.34. The van der Waals surface area contributed by atoms with Gasteiger partial charge in [0.05, 0.1) is 5.69 Å². The third-order valence-corrected chi connectivity index (χ3v) is 7.52. The van der Waals surface area contributed by atoms with Gasteiger partial charge in [-0.25, -0.2) is 8.42 Å². The Morgan fingerprint density at radius 2 is 1.78 bits per heavy atom. The summed E-state index contributed by atoms with van der Waals surface area (Å²) in [5.74, 6) is 0.588. The van der Waals surface area contributed by atoms with E-state index in [-0.39, 0.29) is 16.0 Å². The van der Waals surface area contributed by atoms with Gasteiger partial charge in [-0.1, -0.05) is 23.8 Å². The quantitative estimate of drug-likeness (QED) is 0.829. The Bertz CT molecular complexity index is 657. The van der Waals surface area contributed by atoms with Crippen molar-refractivity contribution in [1.29, 1.82) is 0 Å². The van der Waals surface area contributed by atoms with Crippen LogP contribution in [0.3, 0.4) is 0 Å². The van der Waals surface area contributed by atoms with E-state index < -0.39 is 9.84 Å². The van der Waals surface area contributed by atoms with Gasteiger partial charge in [-0.05, 0) is 25.7 Å². The van der Waals surface area contributed by atoms with Crippen LogP contribution in [0.4, 0.5) is 0 Å². The lowest BCUT2D eigenvalue weighted by atomic mass is 9.87. The molecule has 2 aliphatic rings. The molecular weight excluding hydrogens is 334 g/mol. The second-order valence-corrected chi connectivity index (χ2v) is 9.62. The Morgan fingerprint density at radius 1 is 1.13 bits per heavy atom. The van der Waals surface area contributed by atoms with Gasteiger partial charge in [0.15, 0.2) is 14.0 Å². The standard InChI is InChI=1S/C15H23N3O3S2/c1-23(20,21)15-13(16-17-22-15)11-7-9-18(10-8-11)14(19)12-5-3-2-4-6-12/h11-12H,2-10H2,1H3. The molecule has 1 saturated heterocycles. The molecule has 1 saturated carbocycles. The minimum atomic E-state index is -3.27. The summed E-state index contributed by atoms with van der Waals surface area (Å²) in [5.41, 5.74) is 0.599. The molecule has 0 atom stereocenters. The summed E-state index contributed by atoms with van der Waals surface area (Å²) < 4.78 is 27.7. The van der Waals surface area contributed by atoms with Gasteiger partial charge in [-0.3, -0.25) is 4.79 Å². The van der Waals surface area contributed by atoms with Crippen LogP contribution in [0.2, 0.25) is 0 Å². The monoisotopic (exact) mass is 357 g/mol. The molecule has 0 unspecified atom stereocenters. The molecule has 6 nitrogen and oxygen atoms in total. The van der Waals surface area contributed by atoms with Gasteiger partial charge in [0, 0.05) is 42.7 Å². The summed E-state index contributed by atoms with van der Waals surface area (Å²) in [6.07, 6.45) is 8.35. The molecule has 2 heterocycles. The van der Waals surface area contributed by atoms with Gasteiger partial charge in [-0.15, -0.1) is 5.10 Å². The van der Waals surface area contributed by atoms with Crippen LogP contribution in [-0.2, 0) is 14.6 Å². The van der Waals surface area contributed by atoms with E-state index in [0.29, 0.717) is 24.7 Å². The van der Waals surface area contributed by atoms with Gasteiger partial charge in [0.25, 0.3) is 0 Å². The zero-order chi connectivity index (χ0) is 16.4. The van der Waals surface area contributed by atoms with Crippen LogP contribution in [0.1, 0.15) is 56.6 Å². The van der Waals surface area contributed by atoms with E-state index in [1.54, 1.807) is 0 Å². The summed E-state index contributed by atoms with van der Waals surface area (Å²) in [5, 5.41) is 4.05. The first-order valence-corrected chi connectivity index (χ1v) is 10.9. The summed E-state index contributed by atoms with van der Waals surface area (Å²) >= 11 is 0.950. The zero-order valence-corrected chi connectivity index (χ0v) is 15.0. The highest BCUT2D eigenvalue weighted by atomic mass is 32.2. The van der Waals surface area contributed by atoms with Gasteiger partial charge < -0.3 is 4.90 Å². The van der Waals surface area contributed by atoms with Crippen molar-refractivity contribution in [2.45, 2.75) is 55.1 Å². The number of aromatic nitrogens is 2. The number of likely N-dealkylation sites (tertiary alicyclic amines) is 1. The van der Waals surface area contributed by atoms with Crippen LogP contribution in [0.15, 0.2) is 4.21 Å². The fourth-order valence-corrected chi connectivity index (χ4v) is 5.41. The second-order valence-electron chi connectivity index (χ2n) is 6.65. The first-order valence-electron chi connectivity index (χ1n) is 8.28. The van der Waals surface area contributed by atoms with Crippen molar-refractivity contribution in [3.05, 3.63) is 5.69 Å². The number of sulfone groups is 1. The minimum Gasteiger partial charge on any atom is -0.342 e. The van der Waals surface area contributed by atoms with E-state index in [4.69, 9.17) is 0 Å². The molecule has 0 radical (unpaired) electrons. The highest BCUT2D eigenvalue weighted by Gasteiger charge is 2.32. The number of carbonyl (C=O) groups excluding carboxylic acids is 1. The average molecular weight is 358 g/mol. The number of amides is 1. The van der Waals surface area contributed by atoms with Crippen LogP contribution in [0, 0.1) is 5.92 Å². The first kappa shape index (κ1) is 16.8. The van der Waals surface area contributed by atoms with Crippen molar-refractivity contribution in [2.24, 2.45) is 5.92 Å². The maximum Gasteiger partial charge on any atom is 0.225 e. The predicted octanol–water partition coefficient (Wildman–Crippen LogP) is 2.23. The fourth-order valence-electron chi connectivity index (χ4n) is 3.68. The van der Waals surface area contributed by atoms with Crippen molar-refractivity contribution in [2.75, 3.05) is 19.3 Å². The van der Waals surface area contributed by atoms with Gasteiger partial charge >= 0.3 is 0 Å². The number of piperidine rings is 1. The maximum absolute atomic E-state index is 12.6. The molecule has 23 heavy (non-hydrogen) atoms. The van der Waals surface area contributed by atoms with Crippen molar-refractivity contribution < 1.29 is 13.2 Å². The molecule has 1 aliphatic heterocycles. The van der Waals surface area contributed by atoms with Crippen LogP contribution < -0.4 is 0 Å². The molecule has 1 amide bonds. The molecule has 2 fully saturated rings. The highest BCUT2D eigenvalue weighted by molar-refractivity contribution is 7.92. The molecule has 0 N–H and O–H groups in total. The van der Waals surface area contributed by atoms with E-state index in [9.17, 15) is 13.2 Å². The van der Waals surface area contributed by atoms with Crippen LogP contribution in [-0.4, -0.2) is 48.2 Å². The third kappa shape index (κ3) is 3.74. The summed E-state index contributed by atoms with van der Waals surface area (Å²) in [4.78, 5) is 14.5. The molecule has 1 aromatic rings. The second kappa shape index (κ2) is 6.84. The molecule has 1 aliphatic carbocycles. The molecule has 8 heteroatoms.